The van der Waals surface area contributed by atoms with Crippen LogP contribution in [-0.4, -0.2) is 52.0 Å². The molecule has 3 rings (SSSR count). The van der Waals surface area contributed by atoms with Crippen molar-refractivity contribution in [1.29, 1.82) is 0 Å². The van der Waals surface area contributed by atoms with Gasteiger partial charge in [0.15, 0.2) is 0 Å². The smallest absolute Gasteiger partial charge is 0.0991 e. The lowest BCUT2D eigenvalue weighted by Gasteiger charge is -2.43. The molecule has 0 radical (unpaired) electrons. The van der Waals surface area contributed by atoms with Crippen molar-refractivity contribution in [3.05, 3.63) is 48.5 Å². The summed E-state index contributed by atoms with van der Waals surface area (Å²) in [4.78, 5) is 6.33. The van der Waals surface area contributed by atoms with Gasteiger partial charge in [0.05, 0.1) is 12.9 Å². The second-order valence-electron chi connectivity index (χ2n) is 5.99. The van der Waals surface area contributed by atoms with Crippen molar-refractivity contribution in [2.45, 2.75) is 24.9 Å². The average molecular weight is 301 g/mol. The number of hydrogen-bond acceptors (Lipinski definition) is 4. The number of imidazole rings is 1. The van der Waals surface area contributed by atoms with Crippen LogP contribution in [0, 0.1) is 0 Å². The minimum Gasteiger partial charge on any atom is -0.394 e. The summed E-state index contributed by atoms with van der Waals surface area (Å²) in [6.45, 7) is 2.46. The van der Waals surface area contributed by atoms with Crippen LogP contribution >= 0.6 is 0 Å². The Morgan fingerprint density at radius 1 is 1.27 bits per heavy atom. The standard InChI is InChI=1S/C17H23N3O2/c1-19(17(13-21)6-10-22-11-7-17)12-15-2-4-16(5-3-15)20-9-8-18-14-20/h2-5,8-9,14,21H,6-7,10-13H2,1H3. The summed E-state index contributed by atoms with van der Waals surface area (Å²) in [6.07, 6.45) is 7.27. The zero-order valence-electron chi connectivity index (χ0n) is 13.0. The maximum absolute atomic E-state index is 9.85. The van der Waals surface area contributed by atoms with Crippen LogP contribution in [0.2, 0.25) is 0 Å². The number of ether oxygens (including phenoxy) is 1. The predicted octanol–water partition coefficient (Wildman–Crippen LogP) is 1.85. The van der Waals surface area contributed by atoms with Crippen molar-refractivity contribution in [2.24, 2.45) is 0 Å². The van der Waals surface area contributed by atoms with E-state index in [-0.39, 0.29) is 12.1 Å². The van der Waals surface area contributed by atoms with Crippen LogP contribution in [0.3, 0.4) is 0 Å². The second kappa shape index (κ2) is 6.60. The zero-order chi connectivity index (χ0) is 15.4. The van der Waals surface area contributed by atoms with E-state index in [1.165, 1.54) is 5.56 Å². The number of rotatable bonds is 5. The van der Waals surface area contributed by atoms with Gasteiger partial charge in [-0.25, -0.2) is 4.98 Å². The van der Waals surface area contributed by atoms with E-state index in [1.807, 2.05) is 10.8 Å². The first-order valence-electron chi connectivity index (χ1n) is 7.71. The highest BCUT2D eigenvalue weighted by Crippen LogP contribution is 2.28. The van der Waals surface area contributed by atoms with Crippen molar-refractivity contribution in [2.75, 3.05) is 26.9 Å². The van der Waals surface area contributed by atoms with Crippen LogP contribution in [-0.2, 0) is 11.3 Å². The Balaban J connectivity index is 1.69. The van der Waals surface area contributed by atoms with Gasteiger partial charge in [0.1, 0.15) is 0 Å². The molecular weight excluding hydrogens is 278 g/mol. The van der Waals surface area contributed by atoms with Crippen molar-refractivity contribution in [1.82, 2.24) is 14.5 Å². The largest absolute Gasteiger partial charge is 0.394 e. The Kier molecular flexibility index (Phi) is 4.57. The molecular formula is C17H23N3O2. The van der Waals surface area contributed by atoms with Crippen LogP contribution in [0.4, 0.5) is 0 Å². The molecule has 5 nitrogen and oxygen atoms in total. The molecule has 1 N–H and O–H groups in total. The fraction of sp³-hybridized carbons (Fsp3) is 0.471. The number of aliphatic hydroxyl groups is 1. The van der Waals surface area contributed by atoms with Gasteiger partial charge in [-0.3, -0.25) is 4.90 Å². The molecule has 1 aliphatic rings. The molecule has 1 fully saturated rings. The first-order chi connectivity index (χ1) is 10.7. The molecule has 0 bridgehead atoms. The van der Waals surface area contributed by atoms with Gasteiger partial charge in [-0.15, -0.1) is 0 Å². The van der Waals surface area contributed by atoms with Gasteiger partial charge in [-0.05, 0) is 37.6 Å². The highest BCUT2D eigenvalue weighted by Gasteiger charge is 2.35. The topological polar surface area (TPSA) is 50.5 Å². The normalized spacial score (nSPS) is 17.8. The molecule has 0 unspecified atom stereocenters. The molecule has 0 saturated carbocycles. The fourth-order valence-electron chi connectivity index (χ4n) is 3.04. The lowest BCUT2D eigenvalue weighted by Crippen LogP contribution is -2.52. The molecule has 1 aromatic carbocycles. The highest BCUT2D eigenvalue weighted by molar-refractivity contribution is 5.34. The third-order valence-corrected chi connectivity index (χ3v) is 4.69. The van der Waals surface area contributed by atoms with Gasteiger partial charge in [0.2, 0.25) is 0 Å². The number of benzene rings is 1. The Labute approximate surface area is 131 Å². The maximum atomic E-state index is 9.85. The number of aromatic nitrogens is 2. The van der Waals surface area contributed by atoms with Gasteiger partial charge in [-0.2, -0.15) is 0 Å². The lowest BCUT2D eigenvalue weighted by atomic mass is 9.89. The van der Waals surface area contributed by atoms with Gasteiger partial charge >= 0.3 is 0 Å². The molecule has 0 spiro atoms. The van der Waals surface area contributed by atoms with Gasteiger partial charge in [-0.1, -0.05) is 12.1 Å². The van der Waals surface area contributed by atoms with Gasteiger partial charge < -0.3 is 14.4 Å². The van der Waals surface area contributed by atoms with E-state index in [2.05, 4.69) is 41.2 Å². The molecule has 1 aromatic heterocycles. The minimum atomic E-state index is -0.152. The molecule has 5 heteroatoms. The quantitative estimate of drug-likeness (QED) is 0.915. The number of likely N-dealkylation sites (N-methyl/N-ethyl adjacent to an activating group) is 1. The van der Waals surface area contributed by atoms with Crippen molar-refractivity contribution < 1.29 is 9.84 Å². The Bertz CT molecular complexity index is 574. The van der Waals surface area contributed by atoms with Crippen LogP contribution in [0.25, 0.3) is 5.69 Å². The summed E-state index contributed by atoms with van der Waals surface area (Å²) >= 11 is 0. The molecule has 1 saturated heterocycles. The first-order valence-corrected chi connectivity index (χ1v) is 7.71. The zero-order valence-corrected chi connectivity index (χ0v) is 13.0. The number of aliphatic hydroxyl groups excluding tert-OH is 1. The van der Waals surface area contributed by atoms with Crippen LogP contribution in [0.15, 0.2) is 43.0 Å². The summed E-state index contributed by atoms with van der Waals surface area (Å²) in [5, 5.41) is 9.85. The molecule has 118 valence electrons. The van der Waals surface area contributed by atoms with E-state index in [4.69, 9.17) is 4.74 Å². The maximum Gasteiger partial charge on any atom is 0.0991 e. The van der Waals surface area contributed by atoms with Crippen LogP contribution in [0.5, 0.6) is 0 Å². The first kappa shape index (κ1) is 15.2. The van der Waals surface area contributed by atoms with Gasteiger partial charge in [0, 0.05) is 43.4 Å². The monoisotopic (exact) mass is 301 g/mol. The second-order valence-corrected chi connectivity index (χ2v) is 5.99. The molecule has 2 heterocycles. The van der Waals surface area contributed by atoms with Gasteiger partial charge in [0.25, 0.3) is 0 Å². The number of nitrogens with zero attached hydrogens (tertiary/aromatic N) is 3. The molecule has 0 atom stereocenters. The molecule has 0 aliphatic carbocycles. The summed E-state index contributed by atoms with van der Waals surface area (Å²) in [5.74, 6) is 0. The van der Waals surface area contributed by atoms with E-state index < -0.39 is 0 Å². The van der Waals surface area contributed by atoms with E-state index >= 15 is 0 Å². The van der Waals surface area contributed by atoms with Crippen molar-refractivity contribution in [3.63, 3.8) is 0 Å². The van der Waals surface area contributed by atoms with E-state index in [9.17, 15) is 5.11 Å². The molecule has 1 aliphatic heterocycles. The fourth-order valence-corrected chi connectivity index (χ4v) is 3.04. The van der Waals surface area contributed by atoms with E-state index in [1.54, 1.807) is 12.5 Å². The molecule has 2 aromatic rings. The third-order valence-electron chi connectivity index (χ3n) is 4.69. The minimum absolute atomic E-state index is 0.152. The predicted molar refractivity (Wildman–Crippen MR) is 84.9 cm³/mol. The summed E-state index contributed by atoms with van der Waals surface area (Å²) in [5.41, 5.74) is 2.19. The Morgan fingerprint density at radius 2 is 2.00 bits per heavy atom. The number of hydrogen-bond donors (Lipinski definition) is 1. The summed E-state index contributed by atoms with van der Waals surface area (Å²) in [7, 11) is 2.09. The Hall–Kier alpha value is -1.69. The van der Waals surface area contributed by atoms with Crippen LogP contribution < -0.4 is 0 Å². The Morgan fingerprint density at radius 3 is 2.59 bits per heavy atom. The summed E-state index contributed by atoms with van der Waals surface area (Å²) in [6, 6.07) is 8.47. The lowest BCUT2D eigenvalue weighted by molar-refractivity contribution is -0.0493. The van der Waals surface area contributed by atoms with E-state index in [0.717, 1.165) is 38.3 Å². The van der Waals surface area contributed by atoms with E-state index in [0.29, 0.717) is 0 Å². The van der Waals surface area contributed by atoms with Crippen molar-refractivity contribution >= 4 is 0 Å². The molecule has 0 amide bonds. The SMILES string of the molecule is CN(Cc1ccc(-n2ccnc2)cc1)C1(CO)CCOCC1. The van der Waals surface area contributed by atoms with Crippen molar-refractivity contribution in [3.8, 4) is 5.69 Å². The average Bonchev–Trinajstić information content (AvgIpc) is 3.10. The molecule has 22 heavy (non-hydrogen) atoms. The third kappa shape index (κ3) is 3.06. The van der Waals surface area contributed by atoms with Crippen LogP contribution in [0.1, 0.15) is 18.4 Å². The highest BCUT2D eigenvalue weighted by atomic mass is 16.5. The summed E-state index contributed by atoms with van der Waals surface area (Å²) < 4.78 is 7.42.